The number of ether oxygens (including phenoxy) is 1. The number of nitrogens with one attached hydrogen (secondary N) is 1. The van der Waals surface area contributed by atoms with Crippen LogP contribution in [-0.4, -0.2) is 12.1 Å². The van der Waals surface area contributed by atoms with E-state index in [-0.39, 0.29) is 0 Å². The smallest absolute Gasteiger partial charge is 0.217 e. The van der Waals surface area contributed by atoms with Crippen LogP contribution in [-0.2, 0) is 13.1 Å². The highest BCUT2D eigenvalue weighted by molar-refractivity contribution is 5.30. The van der Waals surface area contributed by atoms with Crippen molar-refractivity contribution in [1.29, 1.82) is 0 Å². The third-order valence-electron chi connectivity index (χ3n) is 3.18. The first-order chi connectivity index (χ1) is 9.20. The summed E-state index contributed by atoms with van der Waals surface area (Å²) in [5.41, 5.74) is 5.02. The van der Waals surface area contributed by atoms with E-state index in [0.717, 1.165) is 18.7 Å². The topological polar surface area (TPSA) is 34.1 Å². The summed E-state index contributed by atoms with van der Waals surface area (Å²) in [5.74, 6) is 0.691. The molecule has 1 N–H and O–H groups in total. The van der Waals surface area contributed by atoms with Crippen molar-refractivity contribution in [3.05, 3.63) is 58.8 Å². The van der Waals surface area contributed by atoms with Crippen LogP contribution < -0.4 is 10.1 Å². The monoisotopic (exact) mass is 256 g/mol. The Hall–Kier alpha value is -1.87. The fourth-order valence-electron chi connectivity index (χ4n) is 2.06. The SMILES string of the molecule is COc1ncccc1CNCc1cc(C)ccc1C. The van der Waals surface area contributed by atoms with Gasteiger partial charge in [0.2, 0.25) is 5.88 Å². The van der Waals surface area contributed by atoms with Crippen molar-refractivity contribution in [3.8, 4) is 5.88 Å². The van der Waals surface area contributed by atoms with Crippen LogP contribution >= 0.6 is 0 Å². The minimum absolute atomic E-state index is 0.691. The maximum Gasteiger partial charge on any atom is 0.217 e. The van der Waals surface area contributed by atoms with Crippen molar-refractivity contribution in [2.45, 2.75) is 26.9 Å². The number of nitrogens with zero attached hydrogens (tertiary/aromatic N) is 1. The molecule has 2 rings (SSSR count). The van der Waals surface area contributed by atoms with Crippen molar-refractivity contribution in [2.75, 3.05) is 7.11 Å². The molecule has 0 saturated carbocycles. The zero-order valence-corrected chi connectivity index (χ0v) is 11.7. The van der Waals surface area contributed by atoms with Gasteiger partial charge in [0.1, 0.15) is 0 Å². The Morgan fingerprint density at radius 2 is 1.89 bits per heavy atom. The van der Waals surface area contributed by atoms with E-state index in [1.165, 1.54) is 16.7 Å². The first kappa shape index (κ1) is 13.6. The van der Waals surface area contributed by atoms with Gasteiger partial charge < -0.3 is 10.1 Å². The van der Waals surface area contributed by atoms with E-state index in [1.807, 2.05) is 12.1 Å². The van der Waals surface area contributed by atoms with E-state index in [2.05, 4.69) is 42.3 Å². The first-order valence-corrected chi connectivity index (χ1v) is 6.45. The Morgan fingerprint density at radius 3 is 2.68 bits per heavy atom. The van der Waals surface area contributed by atoms with Gasteiger partial charge in [-0.15, -0.1) is 0 Å². The third kappa shape index (κ3) is 3.55. The molecule has 3 heteroatoms. The second-order valence-electron chi connectivity index (χ2n) is 4.71. The van der Waals surface area contributed by atoms with Crippen LogP contribution in [0.25, 0.3) is 0 Å². The molecule has 0 aliphatic carbocycles. The van der Waals surface area contributed by atoms with E-state index in [4.69, 9.17) is 4.74 Å². The highest BCUT2D eigenvalue weighted by Crippen LogP contribution is 2.14. The van der Waals surface area contributed by atoms with Crippen LogP contribution in [0.15, 0.2) is 36.5 Å². The van der Waals surface area contributed by atoms with Crippen molar-refractivity contribution in [3.63, 3.8) is 0 Å². The first-order valence-electron chi connectivity index (χ1n) is 6.45. The van der Waals surface area contributed by atoms with E-state index < -0.39 is 0 Å². The molecular formula is C16H20N2O. The predicted octanol–water partition coefficient (Wildman–Crippen LogP) is 3.00. The van der Waals surface area contributed by atoms with Crippen LogP contribution in [0.3, 0.4) is 0 Å². The highest BCUT2D eigenvalue weighted by Gasteiger charge is 2.03. The zero-order chi connectivity index (χ0) is 13.7. The number of hydrogen-bond acceptors (Lipinski definition) is 3. The molecule has 0 fully saturated rings. The van der Waals surface area contributed by atoms with Gasteiger partial charge in [0.15, 0.2) is 0 Å². The maximum absolute atomic E-state index is 5.24. The molecule has 100 valence electrons. The molecule has 1 aromatic heterocycles. The van der Waals surface area contributed by atoms with Gasteiger partial charge in [0.25, 0.3) is 0 Å². The highest BCUT2D eigenvalue weighted by atomic mass is 16.5. The average Bonchev–Trinajstić information content (AvgIpc) is 2.43. The molecule has 0 bridgehead atoms. The molecule has 1 aromatic carbocycles. The Bertz CT molecular complexity index is 552. The lowest BCUT2D eigenvalue weighted by molar-refractivity contribution is 0.390. The molecular weight excluding hydrogens is 236 g/mol. The van der Waals surface area contributed by atoms with Crippen LogP contribution in [0.5, 0.6) is 5.88 Å². The number of methoxy groups -OCH3 is 1. The molecule has 0 aliphatic rings. The van der Waals surface area contributed by atoms with Gasteiger partial charge >= 0.3 is 0 Å². The standard InChI is InChI=1S/C16H20N2O/c1-12-6-7-13(2)15(9-12)11-17-10-14-5-4-8-18-16(14)19-3/h4-9,17H,10-11H2,1-3H3. The number of rotatable bonds is 5. The van der Waals surface area contributed by atoms with Gasteiger partial charge in [0.05, 0.1) is 7.11 Å². The third-order valence-corrected chi connectivity index (χ3v) is 3.18. The van der Waals surface area contributed by atoms with E-state index >= 15 is 0 Å². The number of aryl methyl sites for hydroxylation is 2. The summed E-state index contributed by atoms with van der Waals surface area (Å²) < 4.78 is 5.24. The summed E-state index contributed by atoms with van der Waals surface area (Å²) in [5, 5.41) is 3.44. The number of hydrogen-bond donors (Lipinski definition) is 1. The normalized spacial score (nSPS) is 10.5. The van der Waals surface area contributed by atoms with E-state index in [1.54, 1.807) is 13.3 Å². The van der Waals surface area contributed by atoms with E-state index in [9.17, 15) is 0 Å². The van der Waals surface area contributed by atoms with Gasteiger partial charge in [-0.1, -0.05) is 29.8 Å². The molecule has 0 amide bonds. The van der Waals surface area contributed by atoms with Gasteiger partial charge in [0, 0.05) is 24.8 Å². The molecule has 0 unspecified atom stereocenters. The molecule has 2 aromatic rings. The number of aromatic nitrogens is 1. The fourth-order valence-corrected chi connectivity index (χ4v) is 2.06. The van der Waals surface area contributed by atoms with Crippen molar-refractivity contribution >= 4 is 0 Å². The lowest BCUT2D eigenvalue weighted by Gasteiger charge is -2.10. The van der Waals surface area contributed by atoms with Crippen LogP contribution in [0.1, 0.15) is 22.3 Å². The van der Waals surface area contributed by atoms with Gasteiger partial charge in [-0.3, -0.25) is 0 Å². The largest absolute Gasteiger partial charge is 0.481 e. The molecule has 19 heavy (non-hydrogen) atoms. The molecule has 0 atom stereocenters. The second-order valence-corrected chi connectivity index (χ2v) is 4.71. The fraction of sp³-hybridized carbons (Fsp3) is 0.312. The van der Waals surface area contributed by atoms with Crippen LogP contribution in [0, 0.1) is 13.8 Å². The number of pyridine rings is 1. The van der Waals surface area contributed by atoms with Crippen molar-refractivity contribution < 1.29 is 4.74 Å². The molecule has 0 aliphatic heterocycles. The quantitative estimate of drug-likeness (QED) is 0.893. The van der Waals surface area contributed by atoms with Crippen LogP contribution in [0.4, 0.5) is 0 Å². The summed E-state index contributed by atoms with van der Waals surface area (Å²) in [4.78, 5) is 4.19. The summed E-state index contributed by atoms with van der Waals surface area (Å²) >= 11 is 0. The summed E-state index contributed by atoms with van der Waals surface area (Å²) in [6.07, 6.45) is 1.74. The molecule has 0 saturated heterocycles. The Labute approximate surface area is 114 Å². The molecule has 3 nitrogen and oxygen atoms in total. The molecule has 1 heterocycles. The average molecular weight is 256 g/mol. The minimum atomic E-state index is 0.691. The van der Waals surface area contributed by atoms with Gasteiger partial charge in [-0.05, 0) is 31.0 Å². The van der Waals surface area contributed by atoms with E-state index in [0.29, 0.717) is 5.88 Å². The molecule has 0 spiro atoms. The van der Waals surface area contributed by atoms with Crippen molar-refractivity contribution in [2.24, 2.45) is 0 Å². The summed E-state index contributed by atoms with van der Waals surface area (Å²) in [7, 11) is 1.65. The summed E-state index contributed by atoms with van der Waals surface area (Å²) in [6.45, 7) is 5.87. The second kappa shape index (κ2) is 6.34. The van der Waals surface area contributed by atoms with Gasteiger partial charge in [-0.2, -0.15) is 0 Å². The minimum Gasteiger partial charge on any atom is -0.481 e. The predicted molar refractivity (Wildman–Crippen MR) is 77.2 cm³/mol. The van der Waals surface area contributed by atoms with Crippen molar-refractivity contribution in [1.82, 2.24) is 10.3 Å². The lowest BCUT2D eigenvalue weighted by atomic mass is 10.1. The number of benzene rings is 1. The molecule has 0 radical (unpaired) electrons. The van der Waals surface area contributed by atoms with Crippen LogP contribution in [0.2, 0.25) is 0 Å². The maximum atomic E-state index is 5.24. The van der Waals surface area contributed by atoms with Gasteiger partial charge in [-0.25, -0.2) is 4.98 Å². The summed E-state index contributed by atoms with van der Waals surface area (Å²) in [6, 6.07) is 10.5. The Morgan fingerprint density at radius 1 is 1.11 bits per heavy atom. The lowest BCUT2D eigenvalue weighted by Crippen LogP contribution is -2.14. The Balaban J connectivity index is 1.98. The zero-order valence-electron chi connectivity index (χ0n) is 11.7. The Kier molecular flexibility index (Phi) is 4.53.